The number of amides is 1. The minimum atomic E-state index is -0.830. The maximum Gasteiger partial charge on any atom is 0.305 e. The molecule has 20 heavy (non-hydrogen) atoms. The fourth-order valence-electron chi connectivity index (χ4n) is 2.60. The zero-order valence-electron chi connectivity index (χ0n) is 11.8. The van der Waals surface area contributed by atoms with Gasteiger partial charge in [-0.3, -0.25) is 14.5 Å². The van der Waals surface area contributed by atoms with Crippen LogP contribution in [0, 0.1) is 0 Å². The summed E-state index contributed by atoms with van der Waals surface area (Å²) in [7, 11) is 1.92. The first-order valence-corrected chi connectivity index (χ1v) is 6.77. The monoisotopic (exact) mass is 276 g/mol. The van der Waals surface area contributed by atoms with Crippen molar-refractivity contribution >= 4 is 11.9 Å². The second kappa shape index (κ2) is 6.05. The molecule has 2 atom stereocenters. The molecular formula is C15H20N2O3. The molecule has 5 heteroatoms. The molecule has 0 bridgehead atoms. The molecule has 1 saturated heterocycles. The SMILES string of the molecule is C[C@@H]1CN(C(=O)c2ccccc2)C[C@H](CC(=O)O)N1C. The summed E-state index contributed by atoms with van der Waals surface area (Å²) in [5.74, 6) is -0.857. The molecule has 0 aliphatic carbocycles. The number of likely N-dealkylation sites (N-methyl/N-ethyl adjacent to an activating group) is 1. The van der Waals surface area contributed by atoms with Gasteiger partial charge in [-0.05, 0) is 26.1 Å². The Bertz CT molecular complexity index is 489. The first-order chi connectivity index (χ1) is 9.49. The smallest absolute Gasteiger partial charge is 0.305 e. The zero-order valence-corrected chi connectivity index (χ0v) is 11.8. The number of rotatable bonds is 3. The molecule has 0 radical (unpaired) electrons. The quantitative estimate of drug-likeness (QED) is 0.904. The van der Waals surface area contributed by atoms with E-state index in [2.05, 4.69) is 0 Å². The van der Waals surface area contributed by atoms with Crippen molar-refractivity contribution in [2.24, 2.45) is 0 Å². The molecule has 108 valence electrons. The van der Waals surface area contributed by atoms with Crippen LogP contribution in [-0.4, -0.2) is 59.0 Å². The van der Waals surface area contributed by atoms with E-state index in [1.807, 2.05) is 37.1 Å². The molecule has 1 aliphatic rings. The average molecular weight is 276 g/mol. The van der Waals surface area contributed by atoms with E-state index in [0.717, 1.165) is 0 Å². The van der Waals surface area contributed by atoms with E-state index in [9.17, 15) is 9.59 Å². The van der Waals surface area contributed by atoms with Gasteiger partial charge in [-0.1, -0.05) is 18.2 Å². The van der Waals surface area contributed by atoms with Crippen molar-refractivity contribution in [1.29, 1.82) is 0 Å². The lowest BCUT2D eigenvalue weighted by molar-refractivity contribution is -0.139. The summed E-state index contributed by atoms with van der Waals surface area (Å²) < 4.78 is 0. The van der Waals surface area contributed by atoms with Gasteiger partial charge in [-0.25, -0.2) is 0 Å². The molecule has 0 aromatic heterocycles. The number of benzene rings is 1. The molecule has 2 rings (SSSR count). The molecule has 1 fully saturated rings. The molecule has 1 N–H and O–H groups in total. The first-order valence-electron chi connectivity index (χ1n) is 6.77. The van der Waals surface area contributed by atoms with Gasteiger partial charge in [-0.2, -0.15) is 0 Å². The summed E-state index contributed by atoms with van der Waals surface area (Å²) in [6.07, 6.45) is 0.0550. The normalized spacial score (nSPS) is 23.6. The maximum atomic E-state index is 12.4. The third-order valence-electron chi connectivity index (χ3n) is 3.91. The number of carboxylic acid groups (broad SMARTS) is 1. The first kappa shape index (κ1) is 14.5. The van der Waals surface area contributed by atoms with E-state index in [1.165, 1.54) is 0 Å². The van der Waals surface area contributed by atoms with Crippen LogP contribution in [0.25, 0.3) is 0 Å². The molecule has 1 aliphatic heterocycles. The Morgan fingerprint density at radius 1 is 1.25 bits per heavy atom. The highest BCUT2D eigenvalue weighted by molar-refractivity contribution is 5.94. The van der Waals surface area contributed by atoms with E-state index in [0.29, 0.717) is 18.7 Å². The molecule has 0 spiro atoms. The lowest BCUT2D eigenvalue weighted by Crippen LogP contribution is -2.58. The minimum Gasteiger partial charge on any atom is -0.481 e. The standard InChI is InChI=1S/C15H20N2O3/c1-11-9-17(10-13(16(11)2)8-14(18)19)15(20)12-6-4-3-5-7-12/h3-7,11,13H,8-10H2,1-2H3,(H,18,19)/t11-,13+/m1/s1. The Morgan fingerprint density at radius 2 is 1.90 bits per heavy atom. The maximum absolute atomic E-state index is 12.4. The van der Waals surface area contributed by atoms with Crippen molar-refractivity contribution in [3.63, 3.8) is 0 Å². The van der Waals surface area contributed by atoms with Crippen molar-refractivity contribution in [2.75, 3.05) is 20.1 Å². The summed E-state index contributed by atoms with van der Waals surface area (Å²) in [4.78, 5) is 27.2. The van der Waals surface area contributed by atoms with Crippen molar-refractivity contribution in [3.8, 4) is 0 Å². The van der Waals surface area contributed by atoms with E-state index < -0.39 is 5.97 Å². The predicted octanol–water partition coefficient (Wildman–Crippen LogP) is 1.31. The lowest BCUT2D eigenvalue weighted by atomic mass is 10.0. The van der Waals surface area contributed by atoms with E-state index in [-0.39, 0.29) is 24.4 Å². The predicted molar refractivity (Wildman–Crippen MR) is 75.6 cm³/mol. The van der Waals surface area contributed by atoms with Crippen LogP contribution >= 0.6 is 0 Å². The summed E-state index contributed by atoms with van der Waals surface area (Å²) in [6.45, 7) is 3.10. The number of nitrogens with zero attached hydrogens (tertiary/aromatic N) is 2. The molecular weight excluding hydrogens is 256 g/mol. The van der Waals surface area contributed by atoms with E-state index >= 15 is 0 Å². The minimum absolute atomic E-state index is 0.0269. The second-order valence-corrected chi connectivity index (χ2v) is 5.34. The number of hydrogen-bond acceptors (Lipinski definition) is 3. The van der Waals surface area contributed by atoms with Crippen LogP contribution in [0.3, 0.4) is 0 Å². The zero-order chi connectivity index (χ0) is 14.7. The molecule has 0 saturated carbocycles. The summed E-state index contributed by atoms with van der Waals surface area (Å²) >= 11 is 0. The second-order valence-electron chi connectivity index (χ2n) is 5.34. The Kier molecular flexibility index (Phi) is 4.39. The Morgan fingerprint density at radius 3 is 2.50 bits per heavy atom. The third-order valence-corrected chi connectivity index (χ3v) is 3.91. The highest BCUT2D eigenvalue weighted by atomic mass is 16.4. The van der Waals surface area contributed by atoms with Gasteiger partial charge in [0.1, 0.15) is 0 Å². The van der Waals surface area contributed by atoms with E-state index in [1.54, 1.807) is 17.0 Å². The molecule has 5 nitrogen and oxygen atoms in total. The van der Waals surface area contributed by atoms with Gasteiger partial charge in [0, 0.05) is 30.7 Å². The van der Waals surface area contributed by atoms with E-state index in [4.69, 9.17) is 5.11 Å². The van der Waals surface area contributed by atoms with Gasteiger partial charge in [0.25, 0.3) is 5.91 Å². The van der Waals surface area contributed by atoms with Crippen molar-refractivity contribution in [1.82, 2.24) is 9.80 Å². The highest BCUT2D eigenvalue weighted by Crippen LogP contribution is 2.18. The topological polar surface area (TPSA) is 60.9 Å². The number of piperazine rings is 1. The average Bonchev–Trinajstić information content (AvgIpc) is 2.43. The highest BCUT2D eigenvalue weighted by Gasteiger charge is 2.33. The van der Waals surface area contributed by atoms with Crippen molar-refractivity contribution in [2.45, 2.75) is 25.4 Å². The van der Waals surface area contributed by atoms with Crippen LogP contribution in [0.1, 0.15) is 23.7 Å². The molecule has 1 aromatic rings. The number of carbonyl (C=O) groups is 2. The molecule has 0 unspecified atom stereocenters. The van der Waals surface area contributed by atoms with Crippen LogP contribution in [0.2, 0.25) is 0 Å². The van der Waals surface area contributed by atoms with Gasteiger partial charge < -0.3 is 10.0 Å². The molecule has 1 heterocycles. The van der Waals surface area contributed by atoms with Crippen LogP contribution in [-0.2, 0) is 4.79 Å². The van der Waals surface area contributed by atoms with Crippen molar-refractivity contribution < 1.29 is 14.7 Å². The van der Waals surface area contributed by atoms with Gasteiger partial charge in [0.2, 0.25) is 0 Å². The van der Waals surface area contributed by atoms with Gasteiger partial charge in [0.05, 0.1) is 6.42 Å². The Hall–Kier alpha value is -1.88. The summed E-state index contributed by atoms with van der Waals surface area (Å²) in [5, 5.41) is 8.98. The number of hydrogen-bond donors (Lipinski definition) is 1. The number of carboxylic acids is 1. The Balaban J connectivity index is 2.12. The fraction of sp³-hybridized carbons (Fsp3) is 0.467. The third kappa shape index (κ3) is 3.17. The van der Waals surface area contributed by atoms with Gasteiger partial charge in [-0.15, -0.1) is 0 Å². The van der Waals surface area contributed by atoms with Crippen LogP contribution in [0.4, 0.5) is 0 Å². The fourth-order valence-corrected chi connectivity index (χ4v) is 2.60. The van der Waals surface area contributed by atoms with Crippen LogP contribution in [0.5, 0.6) is 0 Å². The van der Waals surface area contributed by atoms with Gasteiger partial charge in [0.15, 0.2) is 0 Å². The Labute approximate surface area is 118 Å². The summed E-state index contributed by atoms with van der Waals surface area (Å²) in [5.41, 5.74) is 0.651. The van der Waals surface area contributed by atoms with Gasteiger partial charge >= 0.3 is 5.97 Å². The van der Waals surface area contributed by atoms with Crippen LogP contribution in [0.15, 0.2) is 30.3 Å². The molecule has 1 amide bonds. The molecule has 1 aromatic carbocycles. The largest absolute Gasteiger partial charge is 0.481 e. The number of carbonyl (C=O) groups excluding carboxylic acids is 1. The number of aliphatic carboxylic acids is 1. The van der Waals surface area contributed by atoms with Crippen LogP contribution < -0.4 is 0 Å². The van der Waals surface area contributed by atoms with Crippen molar-refractivity contribution in [3.05, 3.63) is 35.9 Å². The lowest BCUT2D eigenvalue weighted by Gasteiger charge is -2.43. The summed E-state index contributed by atoms with van der Waals surface area (Å²) in [6, 6.07) is 9.14.